The molecule has 0 saturated heterocycles. The highest BCUT2D eigenvalue weighted by Crippen LogP contribution is 2.36. The number of alkyl halides is 5. The second-order valence-corrected chi connectivity index (χ2v) is 4.69. The van der Waals surface area contributed by atoms with E-state index in [4.69, 9.17) is 0 Å². The molecule has 0 unspecified atom stereocenters. The van der Waals surface area contributed by atoms with Crippen molar-refractivity contribution in [2.45, 2.75) is 17.9 Å². The van der Waals surface area contributed by atoms with Crippen molar-refractivity contribution < 1.29 is 18.0 Å². The molecule has 0 aliphatic carbocycles. The highest BCUT2D eigenvalue weighted by molar-refractivity contribution is 9.09. The van der Waals surface area contributed by atoms with Crippen molar-refractivity contribution in [3.8, 4) is 0 Å². The third-order valence-corrected chi connectivity index (χ3v) is 3.20. The standard InChI is InChI=1S/C11H9Br2F3O/c12-5-4-9(17)8-3-1-2-7(6-13)10(8)11(14,15)16/h1-3H,4-6H2. The maximum atomic E-state index is 12.9. The van der Waals surface area contributed by atoms with Gasteiger partial charge in [-0.05, 0) is 5.56 Å². The van der Waals surface area contributed by atoms with Crippen LogP contribution in [0.4, 0.5) is 13.2 Å². The van der Waals surface area contributed by atoms with Crippen molar-refractivity contribution in [2.75, 3.05) is 5.33 Å². The van der Waals surface area contributed by atoms with Crippen LogP contribution in [0.15, 0.2) is 18.2 Å². The minimum atomic E-state index is -4.51. The Kier molecular flexibility index (Phi) is 5.19. The van der Waals surface area contributed by atoms with Gasteiger partial charge in [-0.15, -0.1) is 0 Å². The summed E-state index contributed by atoms with van der Waals surface area (Å²) in [5, 5.41) is 0.416. The SMILES string of the molecule is O=C(CCBr)c1cccc(CBr)c1C(F)(F)F. The first-order valence-electron chi connectivity index (χ1n) is 4.76. The lowest BCUT2D eigenvalue weighted by molar-refractivity contribution is -0.138. The predicted octanol–water partition coefficient (Wildman–Crippen LogP) is 4.57. The summed E-state index contributed by atoms with van der Waals surface area (Å²) in [4.78, 5) is 11.6. The number of rotatable bonds is 4. The molecule has 0 heterocycles. The van der Waals surface area contributed by atoms with E-state index in [1.54, 1.807) is 0 Å². The molecule has 0 aromatic heterocycles. The lowest BCUT2D eigenvalue weighted by Crippen LogP contribution is -2.16. The molecule has 0 saturated carbocycles. The van der Waals surface area contributed by atoms with Crippen LogP contribution < -0.4 is 0 Å². The summed E-state index contributed by atoms with van der Waals surface area (Å²) in [6, 6.07) is 4.05. The van der Waals surface area contributed by atoms with Crippen LogP contribution >= 0.6 is 31.9 Å². The van der Waals surface area contributed by atoms with E-state index < -0.39 is 17.5 Å². The number of hydrogen-bond acceptors (Lipinski definition) is 1. The molecule has 0 radical (unpaired) electrons. The number of halogens is 5. The van der Waals surface area contributed by atoms with Crippen molar-refractivity contribution in [1.82, 2.24) is 0 Å². The van der Waals surface area contributed by atoms with Gasteiger partial charge in [0.15, 0.2) is 5.78 Å². The monoisotopic (exact) mass is 372 g/mol. The normalized spacial score (nSPS) is 11.6. The Hall–Kier alpha value is -0.360. The Morgan fingerprint density at radius 2 is 1.88 bits per heavy atom. The van der Waals surface area contributed by atoms with E-state index in [1.165, 1.54) is 18.2 Å². The summed E-state index contributed by atoms with van der Waals surface area (Å²) in [5.41, 5.74) is -1.00. The van der Waals surface area contributed by atoms with Crippen molar-refractivity contribution in [3.63, 3.8) is 0 Å². The number of benzene rings is 1. The zero-order valence-corrected chi connectivity index (χ0v) is 11.8. The van der Waals surface area contributed by atoms with Crippen LogP contribution in [-0.2, 0) is 11.5 Å². The first-order valence-corrected chi connectivity index (χ1v) is 7.00. The molecule has 17 heavy (non-hydrogen) atoms. The van der Waals surface area contributed by atoms with Gasteiger partial charge in [0.2, 0.25) is 0 Å². The summed E-state index contributed by atoms with van der Waals surface area (Å²) in [5.74, 6) is -0.503. The number of carbonyl (C=O) groups excluding carboxylic acids is 1. The fourth-order valence-electron chi connectivity index (χ4n) is 1.50. The molecule has 0 bridgehead atoms. The molecule has 0 fully saturated rings. The van der Waals surface area contributed by atoms with Gasteiger partial charge in [0.05, 0.1) is 5.56 Å². The summed E-state index contributed by atoms with van der Waals surface area (Å²) >= 11 is 6.05. The second-order valence-electron chi connectivity index (χ2n) is 3.33. The average molecular weight is 374 g/mol. The van der Waals surface area contributed by atoms with Gasteiger partial charge in [-0.25, -0.2) is 0 Å². The van der Waals surface area contributed by atoms with Crippen LogP contribution in [0, 0.1) is 0 Å². The second kappa shape index (κ2) is 6.00. The molecule has 6 heteroatoms. The van der Waals surface area contributed by atoms with Crippen LogP contribution in [0.3, 0.4) is 0 Å². The summed E-state index contributed by atoms with van der Waals surface area (Å²) in [6.45, 7) is 0. The van der Waals surface area contributed by atoms with E-state index in [2.05, 4.69) is 31.9 Å². The summed E-state index contributed by atoms with van der Waals surface area (Å²) < 4.78 is 38.7. The van der Waals surface area contributed by atoms with Gasteiger partial charge >= 0.3 is 6.18 Å². The lowest BCUT2D eigenvalue weighted by Gasteiger charge is -2.15. The lowest BCUT2D eigenvalue weighted by atomic mass is 9.97. The molecular formula is C11H9Br2F3O. The molecule has 0 aliphatic rings. The van der Waals surface area contributed by atoms with E-state index in [1.807, 2.05) is 0 Å². The Balaban J connectivity index is 3.35. The van der Waals surface area contributed by atoms with Crippen LogP contribution in [0.2, 0.25) is 0 Å². The quantitative estimate of drug-likeness (QED) is 0.558. The Labute approximate surface area is 114 Å². The van der Waals surface area contributed by atoms with Crippen molar-refractivity contribution in [1.29, 1.82) is 0 Å². The molecule has 94 valence electrons. The topological polar surface area (TPSA) is 17.1 Å². The highest BCUT2D eigenvalue weighted by Gasteiger charge is 2.37. The van der Waals surface area contributed by atoms with Gasteiger partial charge in [0.1, 0.15) is 0 Å². The van der Waals surface area contributed by atoms with Gasteiger partial charge in [0, 0.05) is 22.6 Å². The molecule has 0 atom stereocenters. The molecule has 0 amide bonds. The summed E-state index contributed by atoms with van der Waals surface area (Å²) in [7, 11) is 0. The first-order chi connectivity index (χ1) is 7.91. The molecule has 1 aromatic carbocycles. The van der Waals surface area contributed by atoms with Gasteiger partial charge in [0.25, 0.3) is 0 Å². The third kappa shape index (κ3) is 3.55. The van der Waals surface area contributed by atoms with Gasteiger partial charge in [-0.2, -0.15) is 13.2 Å². The molecule has 0 spiro atoms. The van der Waals surface area contributed by atoms with Crippen molar-refractivity contribution >= 4 is 37.6 Å². The van der Waals surface area contributed by atoms with E-state index in [-0.39, 0.29) is 22.9 Å². The van der Waals surface area contributed by atoms with Gasteiger partial charge < -0.3 is 0 Å². The number of ketones is 1. The maximum Gasteiger partial charge on any atom is 0.417 e. The average Bonchev–Trinajstić information content (AvgIpc) is 2.27. The number of carbonyl (C=O) groups is 1. The zero-order chi connectivity index (χ0) is 13.1. The Morgan fingerprint density at radius 1 is 1.24 bits per heavy atom. The van der Waals surface area contributed by atoms with Crippen LogP contribution in [0.5, 0.6) is 0 Å². The highest BCUT2D eigenvalue weighted by atomic mass is 79.9. The molecule has 0 N–H and O–H groups in total. The largest absolute Gasteiger partial charge is 0.417 e. The first kappa shape index (κ1) is 14.7. The van der Waals surface area contributed by atoms with Crippen LogP contribution in [-0.4, -0.2) is 11.1 Å². The fourth-order valence-corrected chi connectivity index (χ4v) is 2.33. The molecular weight excluding hydrogens is 365 g/mol. The maximum absolute atomic E-state index is 12.9. The van der Waals surface area contributed by atoms with E-state index in [9.17, 15) is 18.0 Å². The van der Waals surface area contributed by atoms with Crippen LogP contribution in [0.1, 0.15) is 27.9 Å². The fraction of sp³-hybridized carbons (Fsp3) is 0.364. The van der Waals surface area contributed by atoms with Gasteiger partial charge in [-0.1, -0.05) is 50.1 Å². The van der Waals surface area contributed by atoms with E-state index in [0.717, 1.165) is 0 Å². The Bertz CT molecular complexity index is 416. The van der Waals surface area contributed by atoms with Crippen molar-refractivity contribution in [3.05, 3.63) is 34.9 Å². The minimum Gasteiger partial charge on any atom is -0.294 e. The molecule has 1 aromatic rings. The van der Waals surface area contributed by atoms with Gasteiger partial charge in [-0.3, -0.25) is 4.79 Å². The number of Topliss-reactive ketones (excluding diaryl/α,β-unsaturated/α-hetero) is 1. The molecule has 0 aliphatic heterocycles. The zero-order valence-electron chi connectivity index (χ0n) is 8.65. The Morgan fingerprint density at radius 3 is 2.35 bits per heavy atom. The van der Waals surface area contributed by atoms with Crippen molar-refractivity contribution in [2.24, 2.45) is 0 Å². The molecule has 1 nitrogen and oxygen atoms in total. The summed E-state index contributed by atoms with van der Waals surface area (Å²) in [6.07, 6.45) is -4.46. The van der Waals surface area contributed by atoms with E-state index >= 15 is 0 Å². The molecule has 1 rings (SSSR count). The van der Waals surface area contributed by atoms with Crippen LogP contribution in [0.25, 0.3) is 0 Å². The third-order valence-electron chi connectivity index (χ3n) is 2.20. The number of hydrogen-bond donors (Lipinski definition) is 0. The minimum absolute atomic E-state index is 0.0504. The predicted molar refractivity (Wildman–Crippen MR) is 66.8 cm³/mol. The van der Waals surface area contributed by atoms with E-state index in [0.29, 0.717) is 5.33 Å². The smallest absolute Gasteiger partial charge is 0.294 e.